The number of nitrogens with zero attached hydrogens (tertiary/aromatic N) is 6. The van der Waals surface area contributed by atoms with Crippen molar-refractivity contribution in [1.29, 1.82) is 0 Å². The summed E-state index contributed by atoms with van der Waals surface area (Å²) < 4.78 is 19.8. The first kappa shape index (κ1) is 53.6. The molecule has 17 heteroatoms. The van der Waals surface area contributed by atoms with Crippen LogP contribution >= 0.6 is 27.3 Å². The molecule has 1 fully saturated rings. The fourth-order valence-corrected chi connectivity index (χ4v) is 10.7. The van der Waals surface area contributed by atoms with Crippen LogP contribution < -0.4 is 15.5 Å². The van der Waals surface area contributed by atoms with E-state index in [1.807, 2.05) is 89.0 Å². The van der Waals surface area contributed by atoms with Gasteiger partial charge in [0, 0.05) is 60.3 Å². The maximum absolute atomic E-state index is 14.4. The van der Waals surface area contributed by atoms with Crippen molar-refractivity contribution < 1.29 is 33.2 Å². The third kappa shape index (κ3) is 13.3. The minimum atomic E-state index is -0.974. The number of nitrogens with one attached hydrogen (secondary N) is 2. The summed E-state index contributed by atoms with van der Waals surface area (Å²) in [7, 11) is 0. The van der Waals surface area contributed by atoms with Crippen LogP contribution in [0.4, 0.5) is 11.4 Å². The Morgan fingerprint density at radius 2 is 1.67 bits per heavy atom. The number of imidazole rings is 1. The molecule has 0 unspecified atom stereocenters. The Bertz CT molecular complexity index is 2800. The van der Waals surface area contributed by atoms with Crippen LogP contribution in [0.1, 0.15) is 107 Å². The van der Waals surface area contributed by atoms with Crippen LogP contribution in [-0.4, -0.2) is 92.8 Å². The summed E-state index contributed by atoms with van der Waals surface area (Å²) in [6, 6.07) is 18.6. The normalized spacial score (nSPS) is 15.6. The molecule has 3 aromatic heterocycles. The number of carbonyl (C=O) groups excluding carboxylic acids is 4. The van der Waals surface area contributed by atoms with Crippen molar-refractivity contribution in [3.05, 3.63) is 118 Å². The summed E-state index contributed by atoms with van der Waals surface area (Å²) in [6.07, 6.45) is 9.57. The van der Waals surface area contributed by atoms with Crippen molar-refractivity contribution in [2.24, 2.45) is 5.41 Å². The largest absolute Gasteiger partial charge is 0.461 e. The fraction of sp³-hybridized carbons (Fsp3) is 0.436. The number of halogens is 1. The predicted molar refractivity (Wildman–Crippen MR) is 284 cm³/mol. The van der Waals surface area contributed by atoms with Gasteiger partial charge in [-0.05, 0) is 115 Å². The lowest BCUT2D eigenvalue weighted by Crippen LogP contribution is -2.58. The molecular formula is C55H67BrN8O7S. The predicted octanol–water partition coefficient (Wildman–Crippen LogP) is 10.7. The number of esters is 1. The van der Waals surface area contributed by atoms with Gasteiger partial charge in [0.2, 0.25) is 17.7 Å². The van der Waals surface area contributed by atoms with E-state index in [0.717, 1.165) is 110 Å². The average molecular weight is 1060 g/mol. The van der Waals surface area contributed by atoms with Gasteiger partial charge in [0.25, 0.3) is 0 Å². The summed E-state index contributed by atoms with van der Waals surface area (Å²) in [4.78, 5) is 67.3. The molecule has 2 N–H and O–H groups in total. The third-order valence-corrected chi connectivity index (χ3v) is 14.7. The van der Waals surface area contributed by atoms with Gasteiger partial charge in [-0.3, -0.25) is 19.2 Å². The lowest BCUT2D eigenvalue weighted by molar-refractivity contribution is -0.147. The molecule has 0 aliphatic carbocycles. The molecule has 72 heavy (non-hydrogen) atoms. The zero-order valence-corrected chi connectivity index (χ0v) is 45.2. The maximum Gasteiger partial charge on any atom is 0.302 e. The maximum atomic E-state index is 14.4. The molecule has 3 aromatic carbocycles. The second-order valence-corrected chi connectivity index (χ2v) is 21.4. The van der Waals surface area contributed by atoms with Gasteiger partial charge in [0.15, 0.2) is 0 Å². The summed E-state index contributed by atoms with van der Waals surface area (Å²) in [5.74, 6) is -0.935. The van der Waals surface area contributed by atoms with Gasteiger partial charge >= 0.3 is 5.97 Å². The van der Waals surface area contributed by atoms with Crippen LogP contribution in [0.3, 0.4) is 0 Å². The first-order valence-corrected chi connectivity index (χ1v) is 26.3. The number of carbonyl (C=O) groups is 4. The molecule has 4 atom stereocenters. The monoisotopic (exact) mass is 1060 g/mol. The Kier molecular flexibility index (Phi) is 17.9. The average Bonchev–Trinajstić information content (AvgIpc) is 4.17. The third-order valence-electron chi connectivity index (χ3n) is 13.1. The molecule has 0 bridgehead atoms. The second kappa shape index (κ2) is 24.0. The number of anilines is 2. The molecule has 0 saturated carbocycles. The van der Waals surface area contributed by atoms with Crippen LogP contribution in [-0.2, 0) is 28.7 Å². The van der Waals surface area contributed by atoms with Crippen molar-refractivity contribution >= 4 is 62.3 Å². The second-order valence-electron chi connectivity index (χ2n) is 19.7. The van der Waals surface area contributed by atoms with E-state index in [1.165, 1.54) is 11.8 Å². The number of amides is 3. The molecule has 7 rings (SSSR count). The highest BCUT2D eigenvalue weighted by molar-refractivity contribution is 9.10. The van der Waals surface area contributed by atoms with Crippen molar-refractivity contribution in [2.75, 3.05) is 31.2 Å². The van der Waals surface area contributed by atoms with E-state index < -0.39 is 41.4 Å². The van der Waals surface area contributed by atoms with Crippen LogP contribution in [0.5, 0.6) is 0 Å². The van der Waals surface area contributed by atoms with Crippen molar-refractivity contribution in [2.45, 2.75) is 125 Å². The van der Waals surface area contributed by atoms with E-state index in [0.29, 0.717) is 6.61 Å². The van der Waals surface area contributed by atoms with E-state index in [2.05, 4.69) is 89.9 Å². The Morgan fingerprint density at radius 1 is 0.931 bits per heavy atom. The lowest BCUT2D eigenvalue weighted by Gasteiger charge is -2.35. The van der Waals surface area contributed by atoms with Crippen LogP contribution in [0.25, 0.3) is 27.3 Å². The molecule has 0 spiro atoms. The highest BCUT2D eigenvalue weighted by atomic mass is 79.9. The van der Waals surface area contributed by atoms with Crippen LogP contribution in [0.15, 0.2) is 93.9 Å². The minimum Gasteiger partial charge on any atom is -0.461 e. The molecular weight excluding hydrogens is 997 g/mol. The van der Waals surface area contributed by atoms with Gasteiger partial charge in [-0.2, -0.15) is 0 Å². The number of aromatic nitrogens is 4. The number of hydrogen-bond acceptors (Lipinski definition) is 12. The summed E-state index contributed by atoms with van der Waals surface area (Å²) in [6.45, 7) is 17.8. The Hall–Kier alpha value is -6.17. The zero-order chi connectivity index (χ0) is 51.7. The summed E-state index contributed by atoms with van der Waals surface area (Å²) in [5.41, 5.74) is 11.2. The smallest absolute Gasteiger partial charge is 0.302 e. The van der Waals surface area contributed by atoms with E-state index in [9.17, 15) is 19.2 Å². The molecule has 0 radical (unpaired) electrons. The van der Waals surface area contributed by atoms with E-state index >= 15 is 0 Å². The van der Waals surface area contributed by atoms with Crippen molar-refractivity contribution in [1.82, 2.24) is 35.2 Å². The number of benzene rings is 3. The Labute approximate surface area is 435 Å². The molecule has 382 valence electrons. The zero-order valence-electron chi connectivity index (χ0n) is 42.8. The summed E-state index contributed by atoms with van der Waals surface area (Å²) >= 11 is 5.40. The molecule has 1 saturated heterocycles. The van der Waals surface area contributed by atoms with Gasteiger partial charge < -0.3 is 39.0 Å². The molecule has 1 aliphatic heterocycles. The highest BCUT2D eigenvalue weighted by Crippen LogP contribution is 2.38. The van der Waals surface area contributed by atoms with Gasteiger partial charge in [0.05, 0.1) is 46.4 Å². The quantitative estimate of drug-likeness (QED) is 0.0519. The standard InChI is InChI=1S/C55H67BrN8O7S/c1-34-15-16-42(50-36(3)61-71-38(50)5)27-47(34)63(43-21-22-46(45(56)28-43)62-25-23-57-32-62)24-13-11-10-12-14-26-69-31-49(66)60-52(55(7,8)9)54(68)64-30-44(70-39(6)65)29-48(64)53(67)59-35(2)40-17-19-41(20-18-40)51-37(4)58-33-72-51/h15-23,25,27-28,32-33,35,44,48,52H,10-14,24,26,29-31H2,1-9H3,(H,59,67)(H,60,66)/t35-,44+,48-,52+/m0/s1. The van der Waals surface area contributed by atoms with Gasteiger partial charge in [0.1, 0.15) is 30.6 Å². The van der Waals surface area contributed by atoms with Gasteiger partial charge in [-0.15, -0.1) is 11.3 Å². The molecule has 4 heterocycles. The van der Waals surface area contributed by atoms with Crippen molar-refractivity contribution in [3.8, 4) is 27.3 Å². The van der Waals surface area contributed by atoms with Gasteiger partial charge in [-0.25, -0.2) is 9.97 Å². The van der Waals surface area contributed by atoms with Crippen molar-refractivity contribution in [3.63, 3.8) is 0 Å². The molecule has 3 amide bonds. The SMILES string of the molecule is CC(=O)O[C@@H]1C[C@@H](C(=O)N[C@@H](C)c2ccc(-c3scnc3C)cc2)N(C(=O)[C@@H](NC(=O)COCCCCCCCN(c2ccc(-n3ccnc3)c(Br)c2)c2cc(-c3c(C)noc3C)ccc2C)C(C)(C)C)C1. The summed E-state index contributed by atoms with van der Waals surface area (Å²) in [5, 5.41) is 10.2. The Morgan fingerprint density at radius 3 is 2.32 bits per heavy atom. The molecule has 1 aliphatic rings. The number of likely N-dealkylation sites (tertiary alicyclic amines) is 1. The number of aryl methyl sites for hydroxylation is 4. The number of hydrogen-bond donors (Lipinski definition) is 2. The van der Waals surface area contributed by atoms with E-state index in [4.69, 9.17) is 14.0 Å². The van der Waals surface area contributed by atoms with E-state index in [-0.39, 0.29) is 31.5 Å². The van der Waals surface area contributed by atoms with Crippen LogP contribution in [0, 0.1) is 33.1 Å². The van der Waals surface area contributed by atoms with E-state index in [1.54, 1.807) is 23.9 Å². The number of ether oxygens (including phenoxy) is 2. The topological polar surface area (TPSA) is 174 Å². The number of thiazole rings is 1. The fourth-order valence-electron chi connectivity index (χ4n) is 9.31. The minimum absolute atomic E-state index is 0.0267. The molecule has 15 nitrogen and oxygen atoms in total. The van der Waals surface area contributed by atoms with Crippen LogP contribution in [0.2, 0.25) is 0 Å². The highest BCUT2D eigenvalue weighted by Gasteiger charge is 2.46. The Balaban J connectivity index is 0.906. The van der Waals surface area contributed by atoms with Gasteiger partial charge in [-0.1, -0.05) is 81.6 Å². The molecule has 6 aromatic rings. The number of rotatable bonds is 21. The number of unbranched alkanes of at least 4 members (excludes halogenated alkanes) is 4. The first-order valence-electron chi connectivity index (χ1n) is 24.6. The first-order chi connectivity index (χ1) is 34.4. The lowest BCUT2D eigenvalue weighted by atomic mass is 9.85.